The minimum absolute atomic E-state index is 0.0118. The second-order valence-electron chi connectivity index (χ2n) is 3.53. The molecule has 0 aliphatic heterocycles. The molecule has 0 aliphatic carbocycles. The zero-order valence-electron chi connectivity index (χ0n) is 8.87. The number of aryl methyl sites for hydroxylation is 1. The van der Waals surface area contributed by atoms with E-state index >= 15 is 0 Å². The molecule has 78 valence electrons. The third kappa shape index (κ3) is 2.14. The van der Waals surface area contributed by atoms with E-state index in [2.05, 4.69) is 5.32 Å². The first-order valence-corrected chi connectivity index (χ1v) is 4.69. The van der Waals surface area contributed by atoms with Crippen LogP contribution in [0.15, 0.2) is 12.1 Å². The van der Waals surface area contributed by atoms with Crippen molar-refractivity contribution in [2.75, 3.05) is 6.54 Å². The van der Waals surface area contributed by atoms with Crippen LogP contribution < -0.4 is 11.1 Å². The fourth-order valence-electron chi connectivity index (χ4n) is 1.20. The van der Waals surface area contributed by atoms with E-state index in [0.717, 1.165) is 5.69 Å². The molecule has 1 heterocycles. The lowest BCUT2D eigenvalue weighted by Crippen LogP contribution is -2.38. The summed E-state index contributed by atoms with van der Waals surface area (Å²) in [4.78, 5) is 11.7. The molecule has 1 atom stereocenters. The highest BCUT2D eigenvalue weighted by Gasteiger charge is 2.12. The first-order valence-electron chi connectivity index (χ1n) is 4.69. The number of amides is 1. The summed E-state index contributed by atoms with van der Waals surface area (Å²) in [7, 11) is 1.87. The predicted molar refractivity (Wildman–Crippen MR) is 56.1 cm³/mol. The summed E-state index contributed by atoms with van der Waals surface area (Å²) >= 11 is 0. The van der Waals surface area contributed by atoms with Gasteiger partial charge in [0.15, 0.2) is 0 Å². The smallest absolute Gasteiger partial charge is 0.268 e. The van der Waals surface area contributed by atoms with Gasteiger partial charge in [0.1, 0.15) is 5.69 Å². The Hall–Kier alpha value is -1.29. The largest absolute Gasteiger partial charge is 0.347 e. The van der Waals surface area contributed by atoms with Gasteiger partial charge < -0.3 is 15.6 Å². The molecule has 0 unspecified atom stereocenters. The first kappa shape index (κ1) is 10.8. The SMILES string of the molecule is Cc1ccc(C(=O)N[C@H](C)CN)n1C. The van der Waals surface area contributed by atoms with Gasteiger partial charge in [-0.1, -0.05) is 0 Å². The molecular weight excluding hydrogens is 178 g/mol. The Morgan fingerprint density at radius 1 is 1.64 bits per heavy atom. The van der Waals surface area contributed by atoms with Crippen LogP contribution in [0.4, 0.5) is 0 Å². The van der Waals surface area contributed by atoms with Crippen molar-refractivity contribution in [3.05, 3.63) is 23.5 Å². The molecule has 0 radical (unpaired) electrons. The Labute approximate surface area is 84.1 Å². The van der Waals surface area contributed by atoms with Crippen molar-refractivity contribution in [2.24, 2.45) is 12.8 Å². The summed E-state index contributed by atoms with van der Waals surface area (Å²) < 4.78 is 1.86. The van der Waals surface area contributed by atoms with Crippen LogP contribution in [0.2, 0.25) is 0 Å². The summed E-state index contributed by atoms with van der Waals surface area (Å²) in [6.45, 7) is 4.30. The Morgan fingerprint density at radius 3 is 2.71 bits per heavy atom. The molecule has 1 aromatic rings. The summed E-state index contributed by atoms with van der Waals surface area (Å²) in [5, 5.41) is 2.82. The lowest BCUT2D eigenvalue weighted by Gasteiger charge is -2.11. The monoisotopic (exact) mass is 195 g/mol. The van der Waals surface area contributed by atoms with E-state index in [1.54, 1.807) is 0 Å². The number of carbonyl (C=O) groups is 1. The number of nitrogens with two attached hydrogens (primary N) is 1. The Kier molecular flexibility index (Phi) is 3.30. The fourth-order valence-corrected chi connectivity index (χ4v) is 1.20. The van der Waals surface area contributed by atoms with Gasteiger partial charge in [-0.25, -0.2) is 0 Å². The highest BCUT2D eigenvalue weighted by atomic mass is 16.2. The van der Waals surface area contributed by atoms with Crippen molar-refractivity contribution in [1.82, 2.24) is 9.88 Å². The number of hydrogen-bond acceptors (Lipinski definition) is 2. The number of nitrogens with zero attached hydrogens (tertiary/aromatic N) is 1. The summed E-state index contributed by atoms with van der Waals surface area (Å²) in [5.74, 6) is -0.0708. The van der Waals surface area contributed by atoms with E-state index in [1.807, 2.05) is 37.6 Å². The maximum Gasteiger partial charge on any atom is 0.268 e. The molecule has 1 rings (SSSR count). The zero-order valence-corrected chi connectivity index (χ0v) is 8.87. The molecule has 0 saturated heterocycles. The minimum atomic E-state index is -0.0708. The second kappa shape index (κ2) is 4.28. The topological polar surface area (TPSA) is 60.1 Å². The molecule has 3 N–H and O–H groups in total. The van der Waals surface area contributed by atoms with E-state index in [-0.39, 0.29) is 11.9 Å². The molecule has 0 spiro atoms. The van der Waals surface area contributed by atoms with E-state index in [4.69, 9.17) is 5.73 Å². The van der Waals surface area contributed by atoms with Crippen molar-refractivity contribution in [1.29, 1.82) is 0 Å². The van der Waals surface area contributed by atoms with Crippen LogP contribution in [0.25, 0.3) is 0 Å². The van der Waals surface area contributed by atoms with Crippen molar-refractivity contribution in [3.8, 4) is 0 Å². The Morgan fingerprint density at radius 2 is 2.29 bits per heavy atom. The molecule has 0 fully saturated rings. The van der Waals surface area contributed by atoms with Crippen LogP contribution in [0.3, 0.4) is 0 Å². The maximum absolute atomic E-state index is 11.7. The molecule has 14 heavy (non-hydrogen) atoms. The van der Waals surface area contributed by atoms with Gasteiger partial charge in [0.2, 0.25) is 0 Å². The fraction of sp³-hybridized carbons (Fsp3) is 0.500. The summed E-state index contributed by atoms with van der Waals surface area (Å²) in [6, 6.07) is 3.74. The Balaban J connectivity index is 2.75. The van der Waals surface area contributed by atoms with Gasteiger partial charge in [0.05, 0.1) is 0 Å². The average molecular weight is 195 g/mol. The van der Waals surface area contributed by atoms with Gasteiger partial charge >= 0.3 is 0 Å². The molecule has 1 amide bonds. The third-order valence-corrected chi connectivity index (χ3v) is 2.34. The van der Waals surface area contributed by atoms with E-state index in [1.165, 1.54) is 0 Å². The second-order valence-corrected chi connectivity index (χ2v) is 3.53. The van der Waals surface area contributed by atoms with Crippen LogP contribution in [0.1, 0.15) is 23.1 Å². The molecule has 0 bridgehead atoms. The van der Waals surface area contributed by atoms with Gasteiger partial charge in [0, 0.05) is 25.3 Å². The van der Waals surface area contributed by atoms with Gasteiger partial charge in [0.25, 0.3) is 5.91 Å². The average Bonchev–Trinajstić information content (AvgIpc) is 2.47. The Bertz CT molecular complexity index is 330. The highest BCUT2D eigenvalue weighted by molar-refractivity contribution is 5.93. The van der Waals surface area contributed by atoms with Crippen LogP contribution in [-0.4, -0.2) is 23.1 Å². The number of rotatable bonds is 3. The maximum atomic E-state index is 11.7. The van der Waals surface area contributed by atoms with Crippen LogP contribution in [0.5, 0.6) is 0 Å². The van der Waals surface area contributed by atoms with E-state index in [9.17, 15) is 4.79 Å². The first-order chi connectivity index (χ1) is 6.56. The zero-order chi connectivity index (χ0) is 10.7. The number of aromatic nitrogens is 1. The van der Waals surface area contributed by atoms with Crippen molar-refractivity contribution in [2.45, 2.75) is 19.9 Å². The van der Waals surface area contributed by atoms with Gasteiger partial charge in [-0.05, 0) is 26.0 Å². The lowest BCUT2D eigenvalue weighted by atomic mass is 10.3. The van der Waals surface area contributed by atoms with Crippen molar-refractivity contribution in [3.63, 3.8) is 0 Å². The molecule has 0 aromatic carbocycles. The number of hydrogen-bond donors (Lipinski definition) is 2. The summed E-state index contributed by atoms with van der Waals surface area (Å²) in [6.07, 6.45) is 0. The molecule has 4 heteroatoms. The van der Waals surface area contributed by atoms with Crippen LogP contribution in [-0.2, 0) is 7.05 Å². The minimum Gasteiger partial charge on any atom is -0.347 e. The standard InChI is InChI=1S/C10H17N3O/c1-7(6-11)12-10(14)9-5-4-8(2)13(9)3/h4-5,7H,6,11H2,1-3H3,(H,12,14)/t7-/m1/s1. The van der Waals surface area contributed by atoms with Crippen LogP contribution >= 0.6 is 0 Å². The molecular formula is C10H17N3O. The third-order valence-electron chi connectivity index (χ3n) is 2.34. The molecule has 0 saturated carbocycles. The van der Waals surface area contributed by atoms with Gasteiger partial charge in [-0.15, -0.1) is 0 Å². The van der Waals surface area contributed by atoms with Crippen molar-refractivity contribution >= 4 is 5.91 Å². The number of carbonyl (C=O) groups excluding carboxylic acids is 1. The molecule has 1 aromatic heterocycles. The van der Waals surface area contributed by atoms with E-state index in [0.29, 0.717) is 12.2 Å². The van der Waals surface area contributed by atoms with Gasteiger partial charge in [-0.3, -0.25) is 4.79 Å². The molecule has 4 nitrogen and oxygen atoms in total. The highest BCUT2D eigenvalue weighted by Crippen LogP contribution is 2.05. The number of nitrogens with one attached hydrogen (secondary N) is 1. The van der Waals surface area contributed by atoms with Crippen LogP contribution in [0, 0.1) is 6.92 Å². The molecule has 0 aliphatic rings. The normalized spacial score (nSPS) is 12.6. The van der Waals surface area contributed by atoms with Crippen molar-refractivity contribution < 1.29 is 4.79 Å². The summed E-state index contributed by atoms with van der Waals surface area (Å²) in [5.41, 5.74) is 7.15. The quantitative estimate of drug-likeness (QED) is 0.734. The van der Waals surface area contributed by atoms with Gasteiger partial charge in [-0.2, -0.15) is 0 Å². The van der Waals surface area contributed by atoms with E-state index < -0.39 is 0 Å². The lowest BCUT2D eigenvalue weighted by molar-refractivity contribution is 0.0933. The predicted octanol–water partition coefficient (Wildman–Crippen LogP) is 0.411.